The van der Waals surface area contributed by atoms with Gasteiger partial charge in [-0.2, -0.15) is 17.5 Å². The van der Waals surface area contributed by atoms with E-state index < -0.39 is 29.0 Å². The van der Waals surface area contributed by atoms with Gasteiger partial charge in [-0.15, -0.1) is 0 Å². The van der Waals surface area contributed by atoms with Crippen molar-refractivity contribution in [1.82, 2.24) is 19.2 Å². The maximum Gasteiger partial charge on any atom is 0.419 e. The second kappa shape index (κ2) is 7.98. The number of anilines is 2. The van der Waals surface area contributed by atoms with Gasteiger partial charge < -0.3 is 15.1 Å². The van der Waals surface area contributed by atoms with E-state index in [4.69, 9.17) is 0 Å². The van der Waals surface area contributed by atoms with Crippen molar-refractivity contribution < 1.29 is 22.4 Å². The van der Waals surface area contributed by atoms with Gasteiger partial charge in [0.2, 0.25) is 5.91 Å². The van der Waals surface area contributed by atoms with Gasteiger partial charge in [-0.3, -0.25) is 4.79 Å². The number of benzene rings is 1. The summed E-state index contributed by atoms with van der Waals surface area (Å²) in [5.74, 6) is -1.06. The molecule has 0 radical (unpaired) electrons. The van der Waals surface area contributed by atoms with E-state index in [9.17, 15) is 22.4 Å². The third kappa shape index (κ3) is 3.52. The summed E-state index contributed by atoms with van der Waals surface area (Å²) in [5.41, 5.74) is -0.409. The highest BCUT2D eigenvalue weighted by Gasteiger charge is 2.56. The molecular formula is C22H20F4N6OS. The zero-order valence-corrected chi connectivity index (χ0v) is 19.0. The van der Waals surface area contributed by atoms with E-state index in [2.05, 4.69) is 19.7 Å². The lowest BCUT2D eigenvalue weighted by Crippen LogP contribution is -2.68. The van der Waals surface area contributed by atoms with E-state index in [1.165, 1.54) is 30.0 Å². The maximum absolute atomic E-state index is 14.7. The van der Waals surface area contributed by atoms with Gasteiger partial charge >= 0.3 is 6.18 Å². The Labute approximate surface area is 196 Å². The molecule has 1 fully saturated rings. The van der Waals surface area contributed by atoms with Crippen molar-refractivity contribution >= 4 is 28.9 Å². The molecule has 1 saturated heterocycles. The molecule has 0 unspecified atom stereocenters. The lowest BCUT2D eigenvalue weighted by atomic mass is 9.71. The van der Waals surface area contributed by atoms with E-state index >= 15 is 0 Å². The number of amides is 1. The number of likely N-dealkylation sites (tertiary alicyclic amines) is 1. The van der Waals surface area contributed by atoms with Crippen LogP contribution in [0, 0.1) is 5.82 Å². The first-order chi connectivity index (χ1) is 16.1. The Balaban J connectivity index is 1.54. The van der Waals surface area contributed by atoms with Crippen molar-refractivity contribution in [3.63, 3.8) is 0 Å². The second-order valence-electron chi connectivity index (χ2n) is 8.65. The molecule has 0 bridgehead atoms. The zero-order valence-electron chi connectivity index (χ0n) is 18.2. The van der Waals surface area contributed by atoms with Crippen LogP contribution in [0.1, 0.15) is 35.3 Å². The molecule has 1 spiro atoms. The van der Waals surface area contributed by atoms with Gasteiger partial charge in [0, 0.05) is 29.6 Å². The first kappa shape index (κ1) is 22.7. The fourth-order valence-corrected chi connectivity index (χ4v) is 5.30. The van der Waals surface area contributed by atoms with Crippen LogP contribution in [0.2, 0.25) is 0 Å². The molecule has 178 valence electrons. The Bertz CT molecular complexity index is 1240. The average molecular weight is 493 g/mol. The highest BCUT2D eigenvalue weighted by Crippen LogP contribution is 2.44. The van der Waals surface area contributed by atoms with Gasteiger partial charge in [0.15, 0.2) is 0 Å². The van der Waals surface area contributed by atoms with Crippen LogP contribution in [0.15, 0.2) is 36.1 Å². The molecule has 7 nitrogen and oxygen atoms in total. The maximum atomic E-state index is 14.7. The third-order valence-electron chi connectivity index (χ3n) is 6.33. The van der Waals surface area contributed by atoms with Crippen LogP contribution in [-0.2, 0) is 22.9 Å². The first-order valence-corrected chi connectivity index (χ1v) is 11.3. The van der Waals surface area contributed by atoms with Crippen LogP contribution < -0.4 is 10.2 Å². The lowest BCUT2D eigenvalue weighted by Gasteiger charge is -2.51. The van der Waals surface area contributed by atoms with Crippen LogP contribution in [0.25, 0.3) is 0 Å². The molecule has 0 aliphatic carbocycles. The predicted octanol–water partition coefficient (Wildman–Crippen LogP) is 3.99. The van der Waals surface area contributed by atoms with E-state index in [-0.39, 0.29) is 18.0 Å². The number of carbonyl (C=O) groups is 1. The molecule has 12 heteroatoms. The van der Waals surface area contributed by atoms with E-state index in [0.717, 1.165) is 0 Å². The molecule has 5 rings (SSSR count). The first-order valence-electron chi connectivity index (χ1n) is 10.5. The zero-order chi connectivity index (χ0) is 24.3. The highest BCUT2D eigenvalue weighted by molar-refractivity contribution is 7.04. The number of likely N-dealkylation sites (N-methyl/N-ethyl adjacent to an activating group) is 1. The number of hydrogen-bond donors (Lipinski definition) is 1. The van der Waals surface area contributed by atoms with Crippen LogP contribution in [0.4, 0.5) is 29.1 Å². The largest absolute Gasteiger partial charge is 0.419 e. The summed E-state index contributed by atoms with van der Waals surface area (Å²) in [6.07, 6.45) is -1.86. The van der Waals surface area contributed by atoms with Crippen molar-refractivity contribution in [3.8, 4) is 0 Å². The number of carbonyl (C=O) groups excluding carboxylic acids is 1. The third-order valence-corrected chi connectivity index (χ3v) is 6.91. The van der Waals surface area contributed by atoms with E-state index in [0.29, 0.717) is 41.9 Å². The van der Waals surface area contributed by atoms with Crippen LogP contribution in [0.3, 0.4) is 0 Å². The number of alkyl halides is 3. The van der Waals surface area contributed by atoms with Crippen molar-refractivity contribution in [2.24, 2.45) is 0 Å². The van der Waals surface area contributed by atoms with Crippen molar-refractivity contribution in [2.75, 3.05) is 30.4 Å². The summed E-state index contributed by atoms with van der Waals surface area (Å²) < 4.78 is 58.4. The second-order valence-corrected chi connectivity index (χ2v) is 9.31. The van der Waals surface area contributed by atoms with E-state index in [1.807, 2.05) is 11.9 Å². The minimum absolute atomic E-state index is 0.0834. The molecule has 1 aromatic carbocycles. The Morgan fingerprint density at radius 3 is 2.65 bits per heavy atom. The number of nitrogens with zero attached hydrogens (tertiary/aromatic N) is 5. The van der Waals surface area contributed by atoms with Crippen LogP contribution in [0.5, 0.6) is 0 Å². The number of aromatic nitrogens is 3. The van der Waals surface area contributed by atoms with Gasteiger partial charge in [0.25, 0.3) is 0 Å². The number of fused-ring (bicyclic) bond motifs is 2. The number of halogens is 4. The molecule has 2 aliphatic heterocycles. The Morgan fingerprint density at radius 1 is 1.24 bits per heavy atom. The predicted molar refractivity (Wildman–Crippen MR) is 118 cm³/mol. The molecule has 3 aromatic rings. The quantitative estimate of drug-likeness (QED) is 0.556. The highest BCUT2D eigenvalue weighted by atomic mass is 32.1. The SMILES string of the molecule is C[C@@H](Nc1ncnc2c1CN(c1cnsc1)C(=O)C21CN(C)C1)c1cccc(C(F)(F)F)c1F. The van der Waals surface area contributed by atoms with Crippen LogP contribution in [-0.4, -0.2) is 45.3 Å². The van der Waals surface area contributed by atoms with Crippen molar-refractivity contribution in [2.45, 2.75) is 31.1 Å². The molecule has 0 saturated carbocycles. The molecule has 2 aromatic heterocycles. The van der Waals surface area contributed by atoms with Gasteiger partial charge in [-0.1, -0.05) is 12.1 Å². The normalized spacial score (nSPS) is 18.5. The molecule has 1 amide bonds. The summed E-state index contributed by atoms with van der Waals surface area (Å²) in [4.78, 5) is 25.9. The summed E-state index contributed by atoms with van der Waals surface area (Å²) >= 11 is 1.23. The molecular weight excluding hydrogens is 472 g/mol. The molecule has 1 atom stereocenters. The number of rotatable bonds is 4. The lowest BCUT2D eigenvalue weighted by molar-refractivity contribution is -0.140. The fraction of sp³-hybridized carbons (Fsp3) is 0.364. The van der Waals surface area contributed by atoms with Gasteiger partial charge in [-0.25, -0.2) is 14.4 Å². The van der Waals surface area contributed by atoms with Crippen molar-refractivity contribution in [1.29, 1.82) is 0 Å². The molecule has 34 heavy (non-hydrogen) atoms. The average Bonchev–Trinajstić information content (AvgIpc) is 3.29. The van der Waals surface area contributed by atoms with Gasteiger partial charge in [0.1, 0.15) is 23.4 Å². The minimum Gasteiger partial charge on any atom is -0.363 e. The van der Waals surface area contributed by atoms with Crippen molar-refractivity contribution in [3.05, 3.63) is 64.3 Å². The smallest absolute Gasteiger partial charge is 0.363 e. The minimum atomic E-state index is -4.80. The summed E-state index contributed by atoms with van der Waals surface area (Å²) in [6, 6.07) is 2.38. The Hall–Kier alpha value is -3.12. The summed E-state index contributed by atoms with van der Waals surface area (Å²) in [6.45, 7) is 2.68. The summed E-state index contributed by atoms with van der Waals surface area (Å²) in [7, 11) is 1.90. The molecule has 2 aliphatic rings. The van der Waals surface area contributed by atoms with Gasteiger partial charge in [-0.05, 0) is 31.6 Å². The number of nitrogens with one attached hydrogen (secondary N) is 1. The topological polar surface area (TPSA) is 74.2 Å². The van der Waals surface area contributed by atoms with Gasteiger partial charge in [0.05, 0.1) is 35.7 Å². The standard InChI is InChI=1S/C22H20F4N6OS/c1-12(14-4-3-5-16(17(14)23)22(24,25)26)30-19-15-7-32(13-6-29-34-8-13)20(33)21(9-31(2)10-21)18(15)27-11-28-19/h3-6,8,11-12H,7,9-10H2,1-2H3,(H,27,28,30)/t12-/m1/s1. The molecule has 1 N–H and O–H groups in total. The fourth-order valence-electron chi connectivity index (χ4n) is 4.78. The summed E-state index contributed by atoms with van der Waals surface area (Å²) in [5, 5.41) is 4.83. The molecule has 4 heterocycles. The van der Waals surface area contributed by atoms with E-state index in [1.54, 1.807) is 23.4 Å². The monoisotopic (exact) mass is 492 g/mol. The Kier molecular flexibility index (Phi) is 5.32. The Morgan fingerprint density at radius 2 is 2.00 bits per heavy atom. The van der Waals surface area contributed by atoms with Crippen LogP contribution >= 0.6 is 11.5 Å². The number of hydrogen-bond acceptors (Lipinski definition) is 7.